The van der Waals surface area contributed by atoms with E-state index in [0.29, 0.717) is 18.2 Å². The van der Waals surface area contributed by atoms with E-state index >= 15 is 0 Å². The molecule has 1 N–H and O–H groups in total. The molecule has 3 atom stereocenters. The second-order valence-corrected chi connectivity index (χ2v) is 7.52. The zero-order valence-corrected chi connectivity index (χ0v) is 14.1. The SMILES string of the molecule is CCOC1CC(NCC(C(C)C)N2CCCC2)C1(C)C. The van der Waals surface area contributed by atoms with Gasteiger partial charge in [-0.1, -0.05) is 27.7 Å². The summed E-state index contributed by atoms with van der Waals surface area (Å²) in [5, 5.41) is 3.83. The number of hydrogen-bond acceptors (Lipinski definition) is 3. The van der Waals surface area contributed by atoms with E-state index in [2.05, 4.69) is 44.8 Å². The Morgan fingerprint density at radius 2 is 1.90 bits per heavy atom. The van der Waals surface area contributed by atoms with Gasteiger partial charge in [-0.2, -0.15) is 0 Å². The third kappa shape index (κ3) is 3.37. The van der Waals surface area contributed by atoms with Gasteiger partial charge in [-0.15, -0.1) is 0 Å². The van der Waals surface area contributed by atoms with Gasteiger partial charge in [-0.3, -0.25) is 4.90 Å². The minimum Gasteiger partial charge on any atom is -0.378 e. The summed E-state index contributed by atoms with van der Waals surface area (Å²) in [6.45, 7) is 16.1. The lowest BCUT2D eigenvalue weighted by Gasteiger charge is -2.52. The summed E-state index contributed by atoms with van der Waals surface area (Å²) in [4.78, 5) is 2.68. The molecule has 1 heterocycles. The molecule has 0 aromatic carbocycles. The Labute approximate surface area is 125 Å². The van der Waals surface area contributed by atoms with E-state index in [4.69, 9.17) is 4.74 Å². The number of likely N-dealkylation sites (tertiary alicyclic amines) is 1. The molecule has 0 radical (unpaired) electrons. The van der Waals surface area contributed by atoms with Crippen molar-refractivity contribution in [1.29, 1.82) is 0 Å². The lowest BCUT2D eigenvalue weighted by molar-refractivity contribution is -0.115. The van der Waals surface area contributed by atoms with Gasteiger partial charge in [0.15, 0.2) is 0 Å². The Kier molecular flexibility index (Phi) is 5.49. The smallest absolute Gasteiger partial charge is 0.0655 e. The largest absolute Gasteiger partial charge is 0.378 e. The Morgan fingerprint density at radius 3 is 2.40 bits per heavy atom. The van der Waals surface area contributed by atoms with Crippen LogP contribution in [0.3, 0.4) is 0 Å². The highest BCUT2D eigenvalue weighted by Gasteiger charge is 2.48. The molecule has 1 saturated carbocycles. The molecular formula is C17H34N2O. The summed E-state index contributed by atoms with van der Waals surface area (Å²) in [6, 6.07) is 1.31. The molecule has 0 amide bonds. The maximum atomic E-state index is 5.83. The van der Waals surface area contributed by atoms with Crippen molar-refractivity contribution in [1.82, 2.24) is 10.2 Å². The van der Waals surface area contributed by atoms with Crippen LogP contribution < -0.4 is 5.32 Å². The van der Waals surface area contributed by atoms with Crippen molar-refractivity contribution in [2.24, 2.45) is 11.3 Å². The van der Waals surface area contributed by atoms with Crippen LogP contribution in [0.4, 0.5) is 0 Å². The number of nitrogens with zero attached hydrogens (tertiary/aromatic N) is 1. The van der Waals surface area contributed by atoms with Crippen molar-refractivity contribution in [2.75, 3.05) is 26.2 Å². The quantitative estimate of drug-likeness (QED) is 0.777. The highest BCUT2D eigenvalue weighted by molar-refractivity contribution is 5.03. The van der Waals surface area contributed by atoms with Crippen LogP contribution in [0.5, 0.6) is 0 Å². The summed E-state index contributed by atoms with van der Waals surface area (Å²) in [5.74, 6) is 0.728. The maximum Gasteiger partial charge on any atom is 0.0655 e. The molecule has 1 aliphatic carbocycles. The van der Waals surface area contributed by atoms with E-state index in [1.54, 1.807) is 0 Å². The first kappa shape index (κ1) is 16.3. The maximum absolute atomic E-state index is 5.83. The average molecular weight is 282 g/mol. The van der Waals surface area contributed by atoms with Crippen molar-refractivity contribution in [3.8, 4) is 0 Å². The van der Waals surface area contributed by atoms with Crippen molar-refractivity contribution >= 4 is 0 Å². The molecule has 1 saturated heterocycles. The molecule has 2 aliphatic rings. The van der Waals surface area contributed by atoms with Crippen molar-refractivity contribution in [3.63, 3.8) is 0 Å². The van der Waals surface area contributed by atoms with Crippen LogP contribution in [-0.2, 0) is 4.74 Å². The van der Waals surface area contributed by atoms with Gasteiger partial charge < -0.3 is 10.1 Å². The zero-order valence-electron chi connectivity index (χ0n) is 14.1. The Hall–Kier alpha value is -0.120. The van der Waals surface area contributed by atoms with E-state index < -0.39 is 0 Å². The first-order valence-corrected chi connectivity index (χ1v) is 8.55. The van der Waals surface area contributed by atoms with Gasteiger partial charge in [0.05, 0.1) is 6.10 Å². The van der Waals surface area contributed by atoms with Gasteiger partial charge >= 0.3 is 0 Å². The molecule has 0 bridgehead atoms. The molecule has 0 aromatic rings. The molecule has 0 aromatic heterocycles. The second-order valence-electron chi connectivity index (χ2n) is 7.52. The van der Waals surface area contributed by atoms with Crippen LogP contribution in [-0.4, -0.2) is 49.3 Å². The summed E-state index contributed by atoms with van der Waals surface area (Å²) < 4.78 is 5.83. The van der Waals surface area contributed by atoms with Crippen LogP contribution in [0, 0.1) is 11.3 Å². The van der Waals surface area contributed by atoms with E-state index in [-0.39, 0.29) is 5.41 Å². The van der Waals surface area contributed by atoms with E-state index in [0.717, 1.165) is 19.1 Å². The highest BCUT2D eigenvalue weighted by atomic mass is 16.5. The predicted octanol–water partition coefficient (Wildman–Crippen LogP) is 2.90. The topological polar surface area (TPSA) is 24.5 Å². The van der Waals surface area contributed by atoms with Crippen molar-refractivity contribution in [2.45, 2.75) is 72.1 Å². The fourth-order valence-corrected chi connectivity index (χ4v) is 3.84. The highest BCUT2D eigenvalue weighted by Crippen LogP contribution is 2.42. The lowest BCUT2D eigenvalue weighted by Crippen LogP contribution is -2.62. The van der Waals surface area contributed by atoms with Crippen LogP contribution >= 0.6 is 0 Å². The van der Waals surface area contributed by atoms with Gasteiger partial charge in [0, 0.05) is 30.7 Å². The Bertz CT molecular complexity index is 297. The fourth-order valence-electron chi connectivity index (χ4n) is 3.84. The number of hydrogen-bond donors (Lipinski definition) is 1. The predicted molar refractivity (Wildman–Crippen MR) is 85.0 cm³/mol. The van der Waals surface area contributed by atoms with Crippen LogP contribution in [0.25, 0.3) is 0 Å². The number of nitrogens with one attached hydrogen (secondary N) is 1. The average Bonchev–Trinajstić information content (AvgIpc) is 2.90. The molecular weight excluding hydrogens is 248 g/mol. The minimum absolute atomic E-state index is 0.280. The summed E-state index contributed by atoms with van der Waals surface area (Å²) in [6.07, 6.45) is 4.37. The second kappa shape index (κ2) is 6.76. The molecule has 1 aliphatic heterocycles. The summed E-state index contributed by atoms with van der Waals surface area (Å²) in [5.41, 5.74) is 0.280. The normalized spacial score (nSPS) is 31.5. The fraction of sp³-hybridized carbons (Fsp3) is 1.00. The van der Waals surface area contributed by atoms with Crippen LogP contribution in [0.1, 0.15) is 53.9 Å². The van der Waals surface area contributed by atoms with E-state index in [9.17, 15) is 0 Å². The molecule has 20 heavy (non-hydrogen) atoms. The molecule has 3 unspecified atom stereocenters. The standard InChI is InChI=1S/C17H34N2O/c1-6-20-16-11-15(17(16,4)5)18-12-14(13(2)3)19-9-7-8-10-19/h13-16,18H,6-12H2,1-5H3. The van der Waals surface area contributed by atoms with Gasteiger partial charge in [0.2, 0.25) is 0 Å². The third-order valence-corrected chi connectivity index (χ3v) is 5.50. The van der Waals surface area contributed by atoms with Gasteiger partial charge in [0.25, 0.3) is 0 Å². The molecule has 118 valence electrons. The van der Waals surface area contributed by atoms with Gasteiger partial charge in [-0.25, -0.2) is 0 Å². The van der Waals surface area contributed by atoms with Crippen LogP contribution in [0.15, 0.2) is 0 Å². The zero-order chi connectivity index (χ0) is 14.8. The lowest BCUT2D eigenvalue weighted by atomic mass is 9.64. The molecule has 0 spiro atoms. The van der Waals surface area contributed by atoms with Crippen molar-refractivity contribution < 1.29 is 4.74 Å². The van der Waals surface area contributed by atoms with Gasteiger partial charge in [0.1, 0.15) is 0 Å². The Morgan fingerprint density at radius 1 is 1.25 bits per heavy atom. The third-order valence-electron chi connectivity index (χ3n) is 5.50. The first-order valence-electron chi connectivity index (χ1n) is 8.55. The molecule has 3 heteroatoms. The number of rotatable bonds is 7. The molecule has 2 rings (SSSR count). The van der Waals surface area contributed by atoms with E-state index in [1.165, 1.54) is 32.4 Å². The molecule has 3 nitrogen and oxygen atoms in total. The Balaban J connectivity index is 1.81. The monoisotopic (exact) mass is 282 g/mol. The summed E-state index contributed by atoms with van der Waals surface area (Å²) >= 11 is 0. The minimum atomic E-state index is 0.280. The van der Waals surface area contributed by atoms with Gasteiger partial charge in [-0.05, 0) is 45.2 Å². The summed E-state index contributed by atoms with van der Waals surface area (Å²) in [7, 11) is 0. The molecule has 2 fully saturated rings. The van der Waals surface area contributed by atoms with Crippen molar-refractivity contribution in [3.05, 3.63) is 0 Å². The van der Waals surface area contributed by atoms with E-state index in [1.807, 2.05) is 0 Å². The first-order chi connectivity index (χ1) is 9.46. The number of ether oxygens (including phenoxy) is 1. The van der Waals surface area contributed by atoms with Crippen LogP contribution in [0.2, 0.25) is 0 Å².